The van der Waals surface area contributed by atoms with E-state index >= 15 is 0 Å². The van der Waals surface area contributed by atoms with Crippen LogP contribution in [-0.4, -0.2) is 30.6 Å². The van der Waals surface area contributed by atoms with Crippen LogP contribution < -0.4 is 9.64 Å². The van der Waals surface area contributed by atoms with Gasteiger partial charge in [-0.2, -0.15) is 0 Å². The predicted octanol–water partition coefficient (Wildman–Crippen LogP) is 4.17. The minimum atomic E-state index is -0.865. The van der Waals surface area contributed by atoms with Crippen molar-refractivity contribution in [1.82, 2.24) is 0 Å². The Hall–Kier alpha value is -3.34. The molecule has 0 unspecified atom stereocenters. The zero-order valence-corrected chi connectivity index (χ0v) is 16.7. The van der Waals surface area contributed by atoms with Gasteiger partial charge in [0.25, 0.3) is 5.91 Å². The molecule has 0 spiro atoms. The molecule has 2 aromatic carbocycles. The molecular formula is C24H25NO4. The van der Waals surface area contributed by atoms with Crippen molar-refractivity contribution in [2.24, 2.45) is 0 Å². The summed E-state index contributed by atoms with van der Waals surface area (Å²) in [5.41, 5.74) is 2.85. The summed E-state index contributed by atoms with van der Waals surface area (Å²) in [6.45, 7) is 7.64. The van der Waals surface area contributed by atoms with Gasteiger partial charge in [0.05, 0.1) is 0 Å². The van der Waals surface area contributed by atoms with Crippen LogP contribution in [0.3, 0.4) is 0 Å². The van der Waals surface area contributed by atoms with Crippen LogP contribution in [0.5, 0.6) is 5.75 Å². The van der Waals surface area contributed by atoms with E-state index in [1.54, 1.807) is 24.0 Å². The number of esters is 1. The molecule has 150 valence electrons. The van der Waals surface area contributed by atoms with E-state index in [1.807, 2.05) is 55.5 Å². The fraction of sp³-hybridized carbons (Fsp3) is 0.250. The van der Waals surface area contributed by atoms with Crippen LogP contribution in [0.25, 0.3) is 6.08 Å². The lowest BCUT2D eigenvalue weighted by molar-refractivity contribution is -0.149. The number of carbonyl (C=O) groups is 2. The number of benzene rings is 2. The third-order valence-electron chi connectivity index (χ3n) is 4.75. The van der Waals surface area contributed by atoms with Gasteiger partial charge in [-0.1, -0.05) is 43.0 Å². The maximum Gasteiger partial charge on any atom is 0.331 e. The lowest BCUT2D eigenvalue weighted by Gasteiger charge is -2.25. The molecule has 1 aliphatic rings. The third-order valence-corrected chi connectivity index (χ3v) is 4.75. The number of amides is 1. The van der Waals surface area contributed by atoms with Crippen LogP contribution >= 0.6 is 0 Å². The Morgan fingerprint density at radius 1 is 1.21 bits per heavy atom. The molecule has 2 aromatic rings. The van der Waals surface area contributed by atoms with Gasteiger partial charge < -0.3 is 14.4 Å². The molecule has 0 N–H and O–H groups in total. The van der Waals surface area contributed by atoms with Gasteiger partial charge in [-0.05, 0) is 55.7 Å². The van der Waals surface area contributed by atoms with Crippen molar-refractivity contribution in [2.45, 2.75) is 32.4 Å². The van der Waals surface area contributed by atoms with Crippen molar-refractivity contribution in [2.75, 3.05) is 11.5 Å². The lowest BCUT2D eigenvalue weighted by atomic mass is 10.1. The van der Waals surface area contributed by atoms with Gasteiger partial charge in [0, 0.05) is 17.8 Å². The minimum absolute atomic E-state index is 0.0402. The Kier molecular flexibility index (Phi) is 6.50. The van der Waals surface area contributed by atoms with Gasteiger partial charge in [0.2, 0.25) is 0 Å². The smallest absolute Gasteiger partial charge is 0.331 e. The van der Waals surface area contributed by atoms with Crippen molar-refractivity contribution in [1.29, 1.82) is 0 Å². The normalized spacial score (nSPS) is 16.3. The highest BCUT2D eigenvalue weighted by Gasteiger charge is 2.34. The number of nitrogens with zero attached hydrogens (tertiary/aromatic N) is 1. The summed E-state index contributed by atoms with van der Waals surface area (Å²) >= 11 is 0. The van der Waals surface area contributed by atoms with Crippen LogP contribution in [0.4, 0.5) is 5.69 Å². The monoisotopic (exact) mass is 391 g/mol. The second-order valence-corrected chi connectivity index (χ2v) is 6.97. The standard InChI is InChI=1S/C24H25NO4/c1-4-15-28-21-12-9-19(10-13-21)11-14-23(26)29-18(3)24(27)25-17(2)16-20-7-5-6-8-22(20)25/h4-14,17-18H,1,15-16H2,2-3H3/b14-11+/t17-,18+/m0/s1. The van der Waals surface area contributed by atoms with E-state index in [2.05, 4.69) is 6.58 Å². The fourth-order valence-corrected chi connectivity index (χ4v) is 3.36. The summed E-state index contributed by atoms with van der Waals surface area (Å²) < 4.78 is 10.8. The van der Waals surface area contributed by atoms with Gasteiger partial charge >= 0.3 is 5.97 Å². The first-order chi connectivity index (χ1) is 14.0. The van der Waals surface area contributed by atoms with Crippen LogP contribution in [0, 0.1) is 0 Å². The molecule has 1 heterocycles. The number of fused-ring (bicyclic) bond motifs is 1. The molecule has 0 radical (unpaired) electrons. The maximum atomic E-state index is 12.9. The highest BCUT2D eigenvalue weighted by molar-refractivity contribution is 6.00. The number of anilines is 1. The van der Waals surface area contributed by atoms with Gasteiger partial charge in [-0.3, -0.25) is 4.79 Å². The lowest BCUT2D eigenvalue weighted by Crippen LogP contribution is -2.43. The highest BCUT2D eigenvalue weighted by Crippen LogP contribution is 2.32. The summed E-state index contributed by atoms with van der Waals surface area (Å²) in [5.74, 6) is -0.0465. The average Bonchev–Trinajstić information content (AvgIpc) is 3.06. The Labute approximate surface area is 171 Å². The second kappa shape index (κ2) is 9.24. The first-order valence-electron chi connectivity index (χ1n) is 9.63. The molecule has 0 aromatic heterocycles. The van der Waals surface area contributed by atoms with Crippen LogP contribution in [0.15, 0.2) is 67.3 Å². The molecular weight excluding hydrogens is 366 g/mol. The van der Waals surface area contributed by atoms with E-state index in [1.165, 1.54) is 6.08 Å². The number of hydrogen-bond donors (Lipinski definition) is 0. The Bertz CT molecular complexity index is 917. The molecule has 0 fully saturated rings. The SMILES string of the molecule is C=CCOc1ccc(/C=C/C(=O)O[C@H](C)C(=O)N2c3ccccc3C[C@@H]2C)cc1. The maximum absolute atomic E-state index is 12.9. The van der Waals surface area contributed by atoms with E-state index in [0.717, 1.165) is 29.0 Å². The predicted molar refractivity (Wildman–Crippen MR) is 114 cm³/mol. The molecule has 0 bridgehead atoms. The van der Waals surface area contributed by atoms with Gasteiger partial charge in [0.15, 0.2) is 6.10 Å². The zero-order chi connectivity index (χ0) is 20.8. The van der Waals surface area contributed by atoms with Crippen molar-refractivity contribution in [3.05, 3.63) is 78.4 Å². The van der Waals surface area contributed by atoms with Crippen molar-refractivity contribution >= 4 is 23.6 Å². The van der Waals surface area contributed by atoms with E-state index in [-0.39, 0.29) is 11.9 Å². The molecule has 3 rings (SSSR count). The van der Waals surface area contributed by atoms with Crippen molar-refractivity contribution < 1.29 is 19.1 Å². The molecule has 0 aliphatic carbocycles. The number of ether oxygens (including phenoxy) is 2. The molecule has 0 saturated carbocycles. The van der Waals surface area contributed by atoms with E-state index in [0.29, 0.717) is 6.61 Å². The van der Waals surface area contributed by atoms with Crippen LogP contribution in [0.2, 0.25) is 0 Å². The molecule has 2 atom stereocenters. The largest absolute Gasteiger partial charge is 0.490 e. The summed E-state index contributed by atoms with van der Waals surface area (Å²) in [6, 6.07) is 15.1. The molecule has 5 heteroatoms. The Morgan fingerprint density at radius 3 is 2.66 bits per heavy atom. The summed E-state index contributed by atoms with van der Waals surface area (Å²) in [5, 5.41) is 0. The average molecular weight is 391 g/mol. The Balaban J connectivity index is 1.58. The first kappa shape index (κ1) is 20.4. The minimum Gasteiger partial charge on any atom is -0.490 e. The number of rotatable bonds is 7. The van der Waals surface area contributed by atoms with Gasteiger partial charge in [-0.15, -0.1) is 0 Å². The molecule has 1 aliphatic heterocycles. The van der Waals surface area contributed by atoms with Crippen LogP contribution in [0.1, 0.15) is 25.0 Å². The van der Waals surface area contributed by atoms with Gasteiger partial charge in [-0.25, -0.2) is 4.79 Å². The van der Waals surface area contributed by atoms with E-state index < -0.39 is 12.1 Å². The molecule has 29 heavy (non-hydrogen) atoms. The molecule has 0 saturated heterocycles. The van der Waals surface area contributed by atoms with E-state index in [4.69, 9.17) is 9.47 Å². The summed E-state index contributed by atoms with van der Waals surface area (Å²) in [4.78, 5) is 26.7. The summed E-state index contributed by atoms with van der Waals surface area (Å²) in [6.07, 6.45) is 4.58. The summed E-state index contributed by atoms with van der Waals surface area (Å²) in [7, 11) is 0. The highest BCUT2D eigenvalue weighted by atomic mass is 16.5. The molecule has 5 nitrogen and oxygen atoms in total. The third kappa shape index (κ3) is 4.93. The van der Waals surface area contributed by atoms with Crippen LogP contribution in [-0.2, 0) is 20.7 Å². The fourth-order valence-electron chi connectivity index (χ4n) is 3.36. The number of carbonyl (C=O) groups excluding carboxylic acids is 2. The quantitative estimate of drug-likeness (QED) is 0.404. The topological polar surface area (TPSA) is 55.8 Å². The van der Waals surface area contributed by atoms with Crippen molar-refractivity contribution in [3.63, 3.8) is 0 Å². The van der Waals surface area contributed by atoms with Crippen molar-refractivity contribution in [3.8, 4) is 5.75 Å². The first-order valence-corrected chi connectivity index (χ1v) is 9.63. The number of para-hydroxylation sites is 1. The Morgan fingerprint density at radius 2 is 1.93 bits per heavy atom. The number of hydrogen-bond acceptors (Lipinski definition) is 4. The van der Waals surface area contributed by atoms with E-state index in [9.17, 15) is 9.59 Å². The molecule has 1 amide bonds. The second-order valence-electron chi connectivity index (χ2n) is 6.97. The zero-order valence-electron chi connectivity index (χ0n) is 16.7. The van der Waals surface area contributed by atoms with Gasteiger partial charge in [0.1, 0.15) is 12.4 Å².